The first-order valence-corrected chi connectivity index (χ1v) is 7.20. The number of hydrogen-bond acceptors (Lipinski definition) is 2. The number of benzene rings is 3. The Bertz CT molecular complexity index is 809. The van der Waals surface area contributed by atoms with Crippen LogP contribution in [0.15, 0.2) is 66.7 Å². The summed E-state index contributed by atoms with van der Waals surface area (Å²) in [6.07, 6.45) is 0.341. The van der Waals surface area contributed by atoms with E-state index in [0.717, 1.165) is 16.7 Å². The molecule has 0 saturated carbocycles. The molecule has 3 aromatic rings. The van der Waals surface area contributed by atoms with Crippen molar-refractivity contribution in [2.45, 2.75) is 12.5 Å². The zero-order valence-corrected chi connectivity index (χ0v) is 12.1. The van der Waals surface area contributed by atoms with Crippen molar-refractivity contribution in [2.24, 2.45) is 5.73 Å². The third-order valence-electron chi connectivity index (χ3n) is 3.81. The molecule has 0 heterocycles. The fourth-order valence-electron chi connectivity index (χ4n) is 2.54. The molecule has 0 spiro atoms. The highest BCUT2D eigenvalue weighted by Gasteiger charge is 2.11. The minimum atomic E-state index is -0.974. The van der Waals surface area contributed by atoms with Crippen molar-refractivity contribution in [3.8, 4) is 11.1 Å². The van der Waals surface area contributed by atoms with Gasteiger partial charge in [-0.05, 0) is 39.9 Å². The first-order valence-electron chi connectivity index (χ1n) is 7.20. The summed E-state index contributed by atoms with van der Waals surface area (Å²) >= 11 is 0. The Hall–Kier alpha value is -2.65. The van der Waals surface area contributed by atoms with E-state index in [-0.39, 0.29) is 0 Å². The van der Waals surface area contributed by atoms with Gasteiger partial charge in [-0.2, -0.15) is 0 Å². The summed E-state index contributed by atoms with van der Waals surface area (Å²) < 4.78 is 0. The van der Waals surface area contributed by atoms with Gasteiger partial charge < -0.3 is 10.8 Å². The summed E-state index contributed by atoms with van der Waals surface area (Å²) in [4.78, 5) is 10.8. The van der Waals surface area contributed by atoms with Gasteiger partial charge >= 0.3 is 5.97 Å². The molecule has 3 heteroatoms. The van der Waals surface area contributed by atoms with Gasteiger partial charge in [-0.1, -0.05) is 60.7 Å². The summed E-state index contributed by atoms with van der Waals surface area (Å²) in [5, 5.41) is 11.3. The van der Waals surface area contributed by atoms with Crippen LogP contribution in [0.25, 0.3) is 21.9 Å². The monoisotopic (exact) mass is 291 g/mol. The summed E-state index contributed by atoms with van der Waals surface area (Å²) in [5.74, 6) is -0.974. The molecular weight excluding hydrogens is 274 g/mol. The molecule has 3 aromatic carbocycles. The highest BCUT2D eigenvalue weighted by Crippen LogP contribution is 2.24. The van der Waals surface area contributed by atoms with Gasteiger partial charge in [0.15, 0.2) is 0 Å². The van der Waals surface area contributed by atoms with Gasteiger partial charge in [0.05, 0.1) is 0 Å². The molecular formula is C19H17NO2. The quantitative estimate of drug-likeness (QED) is 0.773. The van der Waals surface area contributed by atoms with Gasteiger partial charge in [-0.3, -0.25) is 4.79 Å². The molecule has 22 heavy (non-hydrogen) atoms. The van der Waals surface area contributed by atoms with E-state index in [1.807, 2.05) is 36.4 Å². The third kappa shape index (κ3) is 3.00. The lowest BCUT2D eigenvalue weighted by Gasteiger charge is -2.08. The van der Waals surface area contributed by atoms with Gasteiger partial charge in [0.1, 0.15) is 6.04 Å². The average molecular weight is 291 g/mol. The van der Waals surface area contributed by atoms with Crippen LogP contribution < -0.4 is 5.73 Å². The van der Waals surface area contributed by atoms with Crippen LogP contribution in [0.1, 0.15) is 5.56 Å². The molecule has 0 aromatic heterocycles. The smallest absolute Gasteiger partial charge is 0.320 e. The number of nitrogens with two attached hydrogens (primary N) is 1. The molecule has 110 valence electrons. The number of hydrogen-bond donors (Lipinski definition) is 2. The predicted octanol–water partition coefficient (Wildman–Crippen LogP) is 3.46. The van der Waals surface area contributed by atoms with Gasteiger partial charge in [0.25, 0.3) is 0 Å². The van der Waals surface area contributed by atoms with Crippen LogP contribution in [0.4, 0.5) is 0 Å². The van der Waals surface area contributed by atoms with Crippen molar-refractivity contribution in [2.75, 3.05) is 0 Å². The van der Waals surface area contributed by atoms with E-state index in [1.54, 1.807) is 0 Å². The Balaban J connectivity index is 1.86. The SMILES string of the molecule is N[C@H](Cc1ccc(-c2ccc3ccccc3c2)cc1)C(=O)O. The second-order valence-electron chi connectivity index (χ2n) is 5.41. The number of carboxylic acids is 1. The molecule has 3 rings (SSSR count). The fraction of sp³-hybridized carbons (Fsp3) is 0.105. The average Bonchev–Trinajstić information content (AvgIpc) is 2.55. The number of rotatable bonds is 4. The van der Waals surface area contributed by atoms with Crippen LogP contribution in [-0.4, -0.2) is 17.1 Å². The van der Waals surface area contributed by atoms with Crippen LogP contribution in [0.5, 0.6) is 0 Å². The molecule has 0 amide bonds. The molecule has 3 N–H and O–H groups in total. The number of carboxylic acid groups (broad SMARTS) is 1. The maximum absolute atomic E-state index is 10.8. The maximum Gasteiger partial charge on any atom is 0.320 e. The largest absolute Gasteiger partial charge is 0.480 e. The van der Waals surface area contributed by atoms with E-state index in [9.17, 15) is 4.79 Å². The number of carbonyl (C=O) groups is 1. The topological polar surface area (TPSA) is 63.3 Å². The second-order valence-corrected chi connectivity index (χ2v) is 5.41. The van der Waals surface area contributed by atoms with Crippen molar-refractivity contribution in [1.29, 1.82) is 0 Å². The van der Waals surface area contributed by atoms with Crippen LogP contribution in [-0.2, 0) is 11.2 Å². The molecule has 0 aliphatic heterocycles. The predicted molar refractivity (Wildman–Crippen MR) is 88.7 cm³/mol. The summed E-state index contributed by atoms with van der Waals surface area (Å²) in [6.45, 7) is 0. The Morgan fingerprint density at radius 3 is 2.23 bits per heavy atom. The summed E-state index contributed by atoms with van der Waals surface area (Å²) in [5.41, 5.74) is 8.75. The molecule has 0 fully saturated rings. The van der Waals surface area contributed by atoms with Crippen molar-refractivity contribution < 1.29 is 9.90 Å². The Labute approximate surface area is 129 Å². The lowest BCUT2D eigenvalue weighted by molar-refractivity contribution is -0.138. The first-order chi connectivity index (χ1) is 10.6. The summed E-state index contributed by atoms with van der Waals surface area (Å²) in [6, 6.07) is 21.7. The molecule has 0 radical (unpaired) electrons. The Morgan fingerprint density at radius 2 is 1.55 bits per heavy atom. The van der Waals surface area contributed by atoms with Gasteiger partial charge in [0.2, 0.25) is 0 Å². The lowest BCUT2D eigenvalue weighted by Crippen LogP contribution is -2.32. The van der Waals surface area contributed by atoms with Gasteiger partial charge in [-0.25, -0.2) is 0 Å². The molecule has 0 bridgehead atoms. The molecule has 0 saturated heterocycles. The van der Waals surface area contributed by atoms with Crippen molar-refractivity contribution >= 4 is 16.7 Å². The summed E-state index contributed by atoms with van der Waals surface area (Å²) in [7, 11) is 0. The van der Waals surface area contributed by atoms with E-state index in [2.05, 4.69) is 30.3 Å². The van der Waals surface area contributed by atoms with Crippen molar-refractivity contribution in [3.63, 3.8) is 0 Å². The van der Waals surface area contributed by atoms with Crippen molar-refractivity contribution in [3.05, 3.63) is 72.3 Å². The minimum absolute atomic E-state index is 0.341. The molecule has 3 nitrogen and oxygen atoms in total. The zero-order valence-electron chi connectivity index (χ0n) is 12.1. The van der Waals surface area contributed by atoms with E-state index in [0.29, 0.717) is 6.42 Å². The minimum Gasteiger partial charge on any atom is -0.480 e. The van der Waals surface area contributed by atoms with Gasteiger partial charge in [-0.15, -0.1) is 0 Å². The van der Waals surface area contributed by atoms with Crippen LogP contribution in [0, 0.1) is 0 Å². The van der Waals surface area contributed by atoms with Crippen molar-refractivity contribution in [1.82, 2.24) is 0 Å². The number of aliphatic carboxylic acids is 1. The van der Waals surface area contributed by atoms with E-state index in [4.69, 9.17) is 10.8 Å². The standard InChI is InChI=1S/C19H17NO2/c20-18(19(21)22)11-13-5-7-15(8-6-13)17-10-9-14-3-1-2-4-16(14)12-17/h1-10,12,18H,11,20H2,(H,21,22)/t18-/m1/s1. The molecule has 1 atom stereocenters. The zero-order chi connectivity index (χ0) is 15.5. The molecule has 0 unspecified atom stereocenters. The van der Waals surface area contributed by atoms with Gasteiger partial charge in [0, 0.05) is 0 Å². The maximum atomic E-state index is 10.8. The second kappa shape index (κ2) is 6.00. The Kier molecular flexibility index (Phi) is 3.90. The van der Waals surface area contributed by atoms with Crippen LogP contribution in [0.2, 0.25) is 0 Å². The van der Waals surface area contributed by atoms with Crippen LogP contribution in [0.3, 0.4) is 0 Å². The van der Waals surface area contributed by atoms with E-state index < -0.39 is 12.0 Å². The molecule has 0 aliphatic rings. The first kappa shape index (κ1) is 14.3. The Morgan fingerprint density at radius 1 is 0.909 bits per heavy atom. The highest BCUT2D eigenvalue weighted by atomic mass is 16.4. The third-order valence-corrected chi connectivity index (χ3v) is 3.81. The van der Waals surface area contributed by atoms with E-state index >= 15 is 0 Å². The lowest BCUT2D eigenvalue weighted by atomic mass is 9.99. The number of fused-ring (bicyclic) bond motifs is 1. The fourth-order valence-corrected chi connectivity index (χ4v) is 2.54. The van der Waals surface area contributed by atoms with E-state index in [1.165, 1.54) is 10.8 Å². The van der Waals surface area contributed by atoms with Crippen LogP contribution >= 0.6 is 0 Å². The molecule has 0 aliphatic carbocycles. The highest BCUT2D eigenvalue weighted by molar-refractivity contribution is 5.87. The normalized spacial score (nSPS) is 12.2.